The Labute approximate surface area is 121 Å². The van der Waals surface area contributed by atoms with Gasteiger partial charge in [0.1, 0.15) is 23.2 Å². The van der Waals surface area contributed by atoms with Gasteiger partial charge >= 0.3 is 0 Å². The van der Waals surface area contributed by atoms with Crippen molar-refractivity contribution in [1.82, 2.24) is 10.3 Å². The van der Waals surface area contributed by atoms with Crippen molar-refractivity contribution < 1.29 is 9.53 Å². The molecule has 1 aliphatic rings. The number of nitrogens with one attached hydrogen (secondary N) is 1. The van der Waals surface area contributed by atoms with Crippen LogP contribution in [-0.4, -0.2) is 28.3 Å². The van der Waals surface area contributed by atoms with Gasteiger partial charge < -0.3 is 9.64 Å². The molecular formula is C15H25N3O2. The van der Waals surface area contributed by atoms with Crippen LogP contribution in [0.4, 0.5) is 0 Å². The van der Waals surface area contributed by atoms with Gasteiger partial charge in [-0.05, 0) is 47.1 Å². The number of hydrogen-bond acceptors (Lipinski definition) is 4. The summed E-state index contributed by atoms with van der Waals surface area (Å²) < 4.78 is 5.81. The maximum atomic E-state index is 11.7. The zero-order valence-electron chi connectivity index (χ0n) is 13.3. The predicted molar refractivity (Wildman–Crippen MR) is 80.9 cm³/mol. The fraction of sp³-hybridized carbons (Fsp3) is 0.600. The van der Waals surface area contributed by atoms with Gasteiger partial charge in [0.25, 0.3) is 5.91 Å². The summed E-state index contributed by atoms with van der Waals surface area (Å²) in [5.74, 6) is 1.21. The minimum atomic E-state index is -0.296. The van der Waals surface area contributed by atoms with E-state index >= 15 is 0 Å². The molecule has 20 heavy (non-hydrogen) atoms. The maximum absolute atomic E-state index is 11.7. The van der Waals surface area contributed by atoms with Crippen molar-refractivity contribution in [3.8, 4) is 0 Å². The number of carbonyl (C=O) groups excluding carboxylic acids is 1. The van der Waals surface area contributed by atoms with E-state index in [0.29, 0.717) is 5.76 Å². The SMILES string of the molecule is C=C(C=C(C)N1C(C)=NNC(=O)C1C)OC(C)(C)CC. The summed E-state index contributed by atoms with van der Waals surface area (Å²) >= 11 is 0. The molecule has 0 radical (unpaired) electrons. The smallest absolute Gasteiger partial charge is 0.262 e. The van der Waals surface area contributed by atoms with Crippen molar-refractivity contribution in [2.75, 3.05) is 0 Å². The Morgan fingerprint density at radius 1 is 1.60 bits per heavy atom. The Kier molecular flexibility index (Phi) is 4.98. The molecule has 1 heterocycles. The summed E-state index contributed by atoms with van der Waals surface area (Å²) in [5.41, 5.74) is 3.13. The van der Waals surface area contributed by atoms with E-state index in [1.807, 2.05) is 45.6 Å². The van der Waals surface area contributed by atoms with Crippen molar-refractivity contribution in [3.63, 3.8) is 0 Å². The Morgan fingerprint density at radius 2 is 2.20 bits per heavy atom. The summed E-state index contributed by atoms with van der Waals surface area (Å²) in [4.78, 5) is 13.5. The molecule has 5 nitrogen and oxygen atoms in total. The molecule has 112 valence electrons. The second-order valence-electron chi connectivity index (χ2n) is 5.65. The summed E-state index contributed by atoms with van der Waals surface area (Å²) in [6, 6.07) is -0.296. The number of carbonyl (C=O) groups is 1. The van der Waals surface area contributed by atoms with Crippen LogP contribution in [0.3, 0.4) is 0 Å². The average molecular weight is 279 g/mol. The van der Waals surface area contributed by atoms with Crippen molar-refractivity contribution in [2.24, 2.45) is 5.10 Å². The van der Waals surface area contributed by atoms with E-state index < -0.39 is 0 Å². The first-order chi connectivity index (χ1) is 9.18. The summed E-state index contributed by atoms with van der Waals surface area (Å²) in [6.45, 7) is 15.6. The molecule has 0 fully saturated rings. The van der Waals surface area contributed by atoms with Gasteiger partial charge in [-0.25, -0.2) is 5.43 Å². The average Bonchev–Trinajstić information content (AvgIpc) is 2.33. The lowest BCUT2D eigenvalue weighted by Crippen LogP contribution is -2.50. The number of hydrogen-bond donors (Lipinski definition) is 1. The van der Waals surface area contributed by atoms with Crippen LogP contribution in [0, 0.1) is 0 Å². The largest absolute Gasteiger partial charge is 0.488 e. The van der Waals surface area contributed by atoms with E-state index in [-0.39, 0.29) is 17.6 Å². The molecule has 0 saturated heterocycles. The molecule has 1 atom stereocenters. The van der Waals surface area contributed by atoms with Crippen molar-refractivity contribution in [2.45, 2.75) is 59.6 Å². The molecule has 0 bridgehead atoms. The second-order valence-corrected chi connectivity index (χ2v) is 5.65. The first kappa shape index (κ1) is 16.3. The lowest BCUT2D eigenvalue weighted by Gasteiger charge is -2.33. The zero-order chi connectivity index (χ0) is 15.5. The summed E-state index contributed by atoms with van der Waals surface area (Å²) in [6.07, 6.45) is 2.73. The van der Waals surface area contributed by atoms with E-state index in [9.17, 15) is 4.79 Å². The van der Waals surface area contributed by atoms with Gasteiger partial charge in [-0.1, -0.05) is 13.5 Å². The highest BCUT2D eigenvalue weighted by Crippen LogP contribution is 2.21. The zero-order valence-corrected chi connectivity index (χ0v) is 13.3. The van der Waals surface area contributed by atoms with E-state index in [2.05, 4.69) is 24.0 Å². The van der Waals surface area contributed by atoms with E-state index in [1.165, 1.54) is 0 Å². The monoisotopic (exact) mass is 279 g/mol. The van der Waals surface area contributed by atoms with Crippen LogP contribution in [0.15, 0.2) is 29.2 Å². The quantitative estimate of drug-likeness (QED) is 0.622. The van der Waals surface area contributed by atoms with Crippen LogP contribution < -0.4 is 5.43 Å². The lowest BCUT2D eigenvalue weighted by atomic mass is 10.1. The van der Waals surface area contributed by atoms with Crippen LogP contribution in [-0.2, 0) is 9.53 Å². The maximum Gasteiger partial charge on any atom is 0.262 e. The molecule has 0 saturated carbocycles. The number of amidine groups is 1. The Morgan fingerprint density at radius 3 is 2.75 bits per heavy atom. The summed E-state index contributed by atoms with van der Waals surface area (Å²) in [7, 11) is 0. The highest BCUT2D eigenvalue weighted by atomic mass is 16.5. The molecule has 1 rings (SSSR count). The van der Waals surface area contributed by atoms with Crippen LogP contribution in [0.1, 0.15) is 48.0 Å². The van der Waals surface area contributed by atoms with Gasteiger partial charge in [0, 0.05) is 5.70 Å². The van der Waals surface area contributed by atoms with Crippen LogP contribution >= 0.6 is 0 Å². The number of ether oxygens (including phenoxy) is 1. The standard InChI is InChI=1S/C15H25N3O2/c1-8-15(6,7)20-11(3)9-10(2)18-12(4)14(19)17-16-13(18)5/h9,12H,3,8H2,1-2,4-7H3,(H,17,19). The number of rotatable bonds is 5. The minimum Gasteiger partial charge on any atom is -0.488 e. The van der Waals surface area contributed by atoms with E-state index in [1.54, 1.807) is 0 Å². The van der Waals surface area contributed by atoms with Crippen molar-refractivity contribution in [3.05, 3.63) is 24.1 Å². The highest BCUT2D eigenvalue weighted by molar-refractivity contribution is 5.93. The third-order valence-corrected chi connectivity index (χ3v) is 3.45. The number of nitrogens with zero attached hydrogens (tertiary/aromatic N) is 2. The first-order valence-electron chi connectivity index (χ1n) is 6.87. The van der Waals surface area contributed by atoms with Gasteiger partial charge in [-0.15, -0.1) is 0 Å². The molecule has 5 heteroatoms. The number of allylic oxidation sites excluding steroid dienone is 2. The van der Waals surface area contributed by atoms with Crippen LogP contribution in [0.2, 0.25) is 0 Å². The van der Waals surface area contributed by atoms with Gasteiger partial charge in [-0.2, -0.15) is 5.10 Å². The third kappa shape index (κ3) is 3.85. The first-order valence-corrected chi connectivity index (χ1v) is 6.87. The minimum absolute atomic E-state index is 0.122. The third-order valence-electron chi connectivity index (χ3n) is 3.45. The predicted octanol–water partition coefficient (Wildman–Crippen LogP) is 2.76. The van der Waals surface area contributed by atoms with Gasteiger partial charge in [0.2, 0.25) is 0 Å². The fourth-order valence-electron chi connectivity index (χ4n) is 2.00. The molecule has 0 aromatic rings. The van der Waals surface area contributed by atoms with E-state index in [0.717, 1.165) is 18.0 Å². The molecule has 1 unspecified atom stereocenters. The molecule has 0 spiro atoms. The van der Waals surface area contributed by atoms with Crippen molar-refractivity contribution >= 4 is 11.7 Å². The molecular weight excluding hydrogens is 254 g/mol. The second kappa shape index (κ2) is 6.11. The van der Waals surface area contributed by atoms with Crippen LogP contribution in [0.5, 0.6) is 0 Å². The molecule has 1 aliphatic heterocycles. The van der Waals surface area contributed by atoms with E-state index in [4.69, 9.17) is 4.74 Å². The topological polar surface area (TPSA) is 53.9 Å². The molecule has 0 aromatic carbocycles. The number of hydrazone groups is 1. The Balaban J connectivity index is 2.88. The molecule has 0 aliphatic carbocycles. The summed E-state index contributed by atoms with van der Waals surface area (Å²) in [5, 5.41) is 3.99. The van der Waals surface area contributed by atoms with Gasteiger partial charge in [0.15, 0.2) is 0 Å². The van der Waals surface area contributed by atoms with Gasteiger partial charge in [-0.3, -0.25) is 4.79 Å². The number of amides is 1. The normalized spacial score (nSPS) is 20.4. The molecule has 1 amide bonds. The fourth-order valence-corrected chi connectivity index (χ4v) is 2.00. The molecule has 0 aromatic heterocycles. The Hall–Kier alpha value is -1.78. The van der Waals surface area contributed by atoms with Gasteiger partial charge in [0.05, 0.1) is 0 Å². The Bertz CT molecular complexity index is 464. The lowest BCUT2D eigenvalue weighted by molar-refractivity contribution is -0.124. The highest BCUT2D eigenvalue weighted by Gasteiger charge is 2.27. The van der Waals surface area contributed by atoms with Crippen molar-refractivity contribution in [1.29, 1.82) is 0 Å². The molecule has 1 N–H and O–H groups in total. The van der Waals surface area contributed by atoms with Crippen LogP contribution in [0.25, 0.3) is 0 Å².